The number of aliphatic hydroxyl groups excluding tert-OH is 1. The topological polar surface area (TPSA) is 58.2 Å². The van der Waals surface area contributed by atoms with Crippen molar-refractivity contribution in [3.8, 4) is 11.8 Å². The lowest BCUT2D eigenvalue weighted by atomic mass is 10.0. The zero-order chi connectivity index (χ0) is 17.6. The minimum Gasteiger partial charge on any atom is -0.383 e. The minimum absolute atomic E-state index is 0.0628. The van der Waals surface area contributed by atoms with Gasteiger partial charge in [-0.1, -0.05) is 0 Å². The van der Waals surface area contributed by atoms with Crippen molar-refractivity contribution in [1.29, 1.82) is 5.26 Å². The first-order chi connectivity index (χ1) is 11.2. The van der Waals surface area contributed by atoms with E-state index < -0.39 is 42.2 Å². The molecule has 3 rings (SSSR count). The molecule has 0 aliphatic carbocycles. The molecular formula is C15H9F5N2O2. The first-order valence-electron chi connectivity index (χ1n) is 6.69. The van der Waals surface area contributed by atoms with Gasteiger partial charge in [0, 0.05) is 17.4 Å². The van der Waals surface area contributed by atoms with Gasteiger partial charge in [-0.25, -0.2) is 8.78 Å². The van der Waals surface area contributed by atoms with E-state index in [1.54, 1.807) is 6.07 Å². The Labute approximate surface area is 132 Å². The van der Waals surface area contributed by atoms with Crippen molar-refractivity contribution in [1.82, 2.24) is 4.57 Å². The van der Waals surface area contributed by atoms with Gasteiger partial charge in [-0.05, 0) is 18.2 Å². The highest BCUT2D eigenvalue weighted by Crippen LogP contribution is 2.42. The lowest BCUT2D eigenvalue weighted by Crippen LogP contribution is -2.26. The largest absolute Gasteiger partial charge is 0.418 e. The van der Waals surface area contributed by atoms with E-state index in [1.165, 1.54) is 6.07 Å². The summed E-state index contributed by atoms with van der Waals surface area (Å²) in [5.41, 5.74) is -2.24. The molecule has 0 fully saturated rings. The Bertz CT molecular complexity index is 838. The zero-order valence-corrected chi connectivity index (χ0v) is 11.8. The van der Waals surface area contributed by atoms with Crippen molar-refractivity contribution >= 4 is 0 Å². The highest BCUT2D eigenvalue weighted by Gasteiger charge is 2.43. The molecule has 0 saturated carbocycles. The standard InChI is InChI=1S/C15H9F5N2O2/c16-10-2-1-8(3-7(10)4-21)22-5-9(15(18,19)20)12-11(22)6-24-14(17)13(12)23/h1-3,5,13-14,23H,6H2. The molecule has 0 saturated heterocycles. The van der Waals surface area contributed by atoms with Crippen molar-refractivity contribution in [2.24, 2.45) is 0 Å². The second-order valence-corrected chi connectivity index (χ2v) is 5.15. The Kier molecular flexibility index (Phi) is 3.81. The molecule has 1 aromatic heterocycles. The van der Waals surface area contributed by atoms with Gasteiger partial charge < -0.3 is 14.4 Å². The quantitative estimate of drug-likeness (QED) is 0.807. The Morgan fingerprint density at radius 3 is 2.67 bits per heavy atom. The Balaban J connectivity index is 2.24. The maximum Gasteiger partial charge on any atom is 0.418 e. The lowest BCUT2D eigenvalue weighted by Gasteiger charge is -2.25. The fourth-order valence-electron chi connectivity index (χ4n) is 2.62. The number of hydrogen-bond acceptors (Lipinski definition) is 3. The SMILES string of the molecule is N#Cc1cc(-n2cc(C(F)(F)F)c3c2COC(F)C3O)ccc1F. The smallest absolute Gasteiger partial charge is 0.383 e. The molecule has 1 aromatic carbocycles. The van der Waals surface area contributed by atoms with Crippen LogP contribution in [0.5, 0.6) is 0 Å². The molecule has 0 bridgehead atoms. The van der Waals surface area contributed by atoms with Gasteiger partial charge in [-0.2, -0.15) is 18.4 Å². The summed E-state index contributed by atoms with van der Waals surface area (Å²) in [6.07, 6.45) is -8.53. The van der Waals surface area contributed by atoms with E-state index in [0.717, 1.165) is 16.7 Å². The van der Waals surface area contributed by atoms with Gasteiger partial charge >= 0.3 is 6.18 Å². The third-order valence-electron chi connectivity index (χ3n) is 3.73. The van der Waals surface area contributed by atoms with Gasteiger partial charge in [0.25, 0.3) is 0 Å². The molecule has 24 heavy (non-hydrogen) atoms. The third-order valence-corrected chi connectivity index (χ3v) is 3.73. The highest BCUT2D eigenvalue weighted by atomic mass is 19.4. The summed E-state index contributed by atoms with van der Waals surface area (Å²) < 4.78 is 72.2. The van der Waals surface area contributed by atoms with Crippen LogP contribution in [-0.2, 0) is 17.5 Å². The van der Waals surface area contributed by atoms with Gasteiger partial charge in [-0.3, -0.25) is 0 Å². The number of rotatable bonds is 1. The third kappa shape index (κ3) is 2.53. The fourth-order valence-corrected chi connectivity index (χ4v) is 2.62. The van der Waals surface area contributed by atoms with Gasteiger partial charge in [0.2, 0.25) is 6.36 Å². The van der Waals surface area contributed by atoms with E-state index in [2.05, 4.69) is 4.74 Å². The molecule has 1 aliphatic heterocycles. The summed E-state index contributed by atoms with van der Waals surface area (Å²) in [4.78, 5) is 0. The van der Waals surface area contributed by atoms with Crippen LogP contribution in [0, 0.1) is 17.1 Å². The monoisotopic (exact) mass is 344 g/mol. The van der Waals surface area contributed by atoms with Crippen LogP contribution in [0.2, 0.25) is 0 Å². The van der Waals surface area contributed by atoms with Crippen LogP contribution in [-0.4, -0.2) is 16.0 Å². The number of aromatic nitrogens is 1. The van der Waals surface area contributed by atoms with Crippen molar-refractivity contribution in [3.05, 3.63) is 52.6 Å². The van der Waals surface area contributed by atoms with Crippen LogP contribution in [0.1, 0.15) is 28.5 Å². The highest BCUT2D eigenvalue weighted by molar-refractivity contribution is 5.48. The second kappa shape index (κ2) is 5.58. The number of nitrogens with zero attached hydrogens (tertiary/aromatic N) is 2. The summed E-state index contributed by atoms with van der Waals surface area (Å²) in [6, 6.07) is 4.75. The summed E-state index contributed by atoms with van der Waals surface area (Å²) in [5.74, 6) is -0.821. The van der Waals surface area contributed by atoms with Crippen LogP contribution >= 0.6 is 0 Å². The predicted molar refractivity (Wildman–Crippen MR) is 70.1 cm³/mol. The molecule has 1 aliphatic rings. The molecule has 0 amide bonds. The van der Waals surface area contributed by atoms with Crippen molar-refractivity contribution in [3.63, 3.8) is 0 Å². The number of aliphatic hydroxyl groups is 1. The molecule has 126 valence electrons. The van der Waals surface area contributed by atoms with E-state index in [1.807, 2.05) is 0 Å². The van der Waals surface area contributed by atoms with E-state index >= 15 is 0 Å². The minimum atomic E-state index is -4.83. The maximum atomic E-state index is 13.5. The molecule has 2 unspecified atom stereocenters. The van der Waals surface area contributed by atoms with E-state index in [9.17, 15) is 27.1 Å². The lowest BCUT2D eigenvalue weighted by molar-refractivity contribution is -0.152. The zero-order valence-electron chi connectivity index (χ0n) is 11.8. The van der Waals surface area contributed by atoms with Crippen molar-refractivity contribution in [2.75, 3.05) is 0 Å². The molecule has 2 aromatic rings. The first kappa shape index (κ1) is 16.4. The summed E-state index contributed by atoms with van der Waals surface area (Å²) in [5, 5.41) is 18.6. The number of hydrogen-bond donors (Lipinski definition) is 1. The average molecular weight is 344 g/mol. The van der Waals surface area contributed by atoms with Crippen LogP contribution in [0.3, 0.4) is 0 Å². The molecule has 2 atom stereocenters. The average Bonchev–Trinajstić information content (AvgIpc) is 2.92. The van der Waals surface area contributed by atoms with Gasteiger partial charge in [0.1, 0.15) is 18.0 Å². The Morgan fingerprint density at radius 1 is 1.33 bits per heavy atom. The van der Waals surface area contributed by atoms with Crippen LogP contribution in [0.15, 0.2) is 24.4 Å². The number of fused-ring (bicyclic) bond motifs is 1. The first-order valence-corrected chi connectivity index (χ1v) is 6.69. The fraction of sp³-hybridized carbons (Fsp3) is 0.267. The molecule has 4 nitrogen and oxygen atoms in total. The van der Waals surface area contributed by atoms with Crippen molar-refractivity contribution in [2.45, 2.75) is 25.2 Å². The van der Waals surface area contributed by atoms with Crippen LogP contribution in [0.25, 0.3) is 5.69 Å². The molecule has 2 heterocycles. The molecule has 9 heteroatoms. The second-order valence-electron chi connectivity index (χ2n) is 5.15. The normalized spacial score (nSPS) is 20.5. The summed E-state index contributed by atoms with van der Waals surface area (Å²) in [7, 11) is 0. The molecule has 1 N–H and O–H groups in total. The Morgan fingerprint density at radius 2 is 2.04 bits per heavy atom. The molecular weight excluding hydrogens is 335 g/mol. The van der Waals surface area contributed by atoms with E-state index in [4.69, 9.17) is 5.26 Å². The predicted octanol–water partition coefficient (Wildman–Crippen LogP) is 3.37. The molecule has 0 radical (unpaired) electrons. The summed E-state index contributed by atoms with van der Waals surface area (Å²) in [6.45, 7) is -0.511. The maximum absolute atomic E-state index is 13.5. The van der Waals surface area contributed by atoms with Crippen molar-refractivity contribution < 1.29 is 31.8 Å². The number of halogens is 5. The Hall–Kier alpha value is -2.44. The van der Waals surface area contributed by atoms with Crippen LogP contribution in [0.4, 0.5) is 22.0 Å². The summed E-state index contributed by atoms with van der Waals surface area (Å²) >= 11 is 0. The molecule has 0 spiro atoms. The van der Waals surface area contributed by atoms with Gasteiger partial charge in [-0.15, -0.1) is 0 Å². The number of alkyl halides is 4. The van der Waals surface area contributed by atoms with E-state index in [0.29, 0.717) is 6.20 Å². The van der Waals surface area contributed by atoms with Gasteiger partial charge in [0.15, 0.2) is 0 Å². The van der Waals surface area contributed by atoms with E-state index in [-0.39, 0.29) is 16.9 Å². The van der Waals surface area contributed by atoms with Gasteiger partial charge in [0.05, 0.1) is 23.4 Å². The number of nitriles is 1. The number of benzene rings is 1. The number of ether oxygens (including phenoxy) is 1. The van der Waals surface area contributed by atoms with Crippen LogP contribution < -0.4 is 0 Å².